The fourth-order valence-electron chi connectivity index (χ4n) is 3.46. The van der Waals surface area contributed by atoms with Crippen molar-refractivity contribution in [2.45, 2.75) is 50.2 Å². The molecule has 1 aliphatic carbocycles. The van der Waals surface area contributed by atoms with E-state index in [0.29, 0.717) is 0 Å². The van der Waals surface area contributed by atoms with E-state index in [0.717, 1.165) is 31.2 Å². The standard InChI is InChI=1S/C18H23NO/c19-17(18(20)12-5-1-2-6-13-18)16-11-7-9-14-8-3-4-10-15(14)16/h3-4,7-11,17,20H,1-2,5-6,12-13,19H2/t17-/m1/s1. The predicted octanol–water partition coefficient (Wildman–Crippen LogP) is 3.92. The molecule has 0 aliphatic heterocycles. The van der Waals surface area contributed by atoms with Gasteiger partial charge < -0.3 is 10.8 Å². The van der Waals surface area contributed by atoms with E-state index in [9.17, 15) is 5.11 Å². The van der Waals surface area contributed by atoms with Crippen molar-refractivity contribution in [2.75, 3.05) is 0 Å². The molecule has 1 atom stereocenters. The highest BCUT2D eigenvalue weighted by molar-refractivity contribution is 5.86. The molecule has 2 nitrogen and oxygen atoms in total. The van der Waals surface area contributed by atoms with Crippen LogP contribution in [0.5, 0.6) is 0 Å². The highest BCUT2D eigenvalue weighted by Gasteiger charge is 2.36. The van der Waals surface area contributed by atoms with E-state index in [-0.39, 0.29) is 6.04 Å². The summed E-state index contributed by atoms with van der Waals surface area (Å²) < 4.78 is 0. The molecule has 1 saturated carbocycles. The Kier molecular flexibility index (Phi) is 3.77. The van der Waals surface area contributed by atoms with Gasteiger partial charge in [-0.15, -0.1) is 0 Å². The van der Waals surface area contributed by atoms with E-state index in [1.807, 2.05) is 18.2 Å². The number of nitrogens with two attached hydrogens (primary N) is 1. The molecule has 106 valence electrons. The van der Waals surface area contributed by atoms with Gasteiger partial charge in [0.25, 0.3) is 0 Å². The summed E-state index contributed by atoms with van der Waals surface area (Å²) in [6.45, 7) is 0. The zero-order valence-electron chi connectivity index (χ0n) is 11.9. The molecule has 3 N–H and O–H groups in total. The third kappa shape index (κ3) is 2.46. The molecule has 1 aliphatic rings. The van der Waals surface area contributed by atoms with Gasteiger partial charge in [-0.1, -0.05) is 68.1 Å². The molecule has 0 heterocycles. The van der Waals surface area contributed by atoms with Gasteiger partial charge in [-0.2, -0.15) is 0 Å². The van der Waals surface area contributed by atoms with Crippen LogP contribution in [-0.4, -0.2) is 10.7 Å². The molecule has 0 radical (unpaired) electrons. The zero-order chi connectivity index (χ0) is 14.0. The number of hydrogen-bond acceptors (Lipinski definition) is 2. The second-order valence-electron chi connectivity index (χ2n) is 6.06. The first-order valence-corrected chi connectivity index (χ1v) is 7.66. The summed E-state index contributed by atoms with van der Waals surface area (Å²) in [5.74, 6) is 0. The molecule has 0 amide bonds. The van der Waals surface area contributed by atoms with Crippen LogP contribution >= 0.6 is 0 Å². The van der Waals surface area contributed by atoms with Crippen LogP contribution in [0.4, 0.5) is 0 Å². The Balaban J connectivity index is 2.01. The minimum Gasteiger partial charge on any atom is -0.388 e. The van der Waals surface area contributed by atoms with Crippen LogP contribution < -0.4 is 5.73 Å². The van der Waals surface area contributed by atoms with E-state index in [4.69, 9.17) is 5.73 Å². The Morgan fingerprint density at radius 2 is 1.55 bits per heavy atom. The lowest BCUT2D eigenvalue weighted by molar-refractivity contribution is -0.000817. The topological polar surface area (TPSA) is 46.2 Å². The molecule has 0 saturated heterocycles. The van der Waals surface area contributed by atoms with E-state index in [1.165, 1.54) is 23.6 Å². The van der Waals surface area contributed by atoms with Crippen molar-refractivity contribution >= 4 is 10.8 Å². The van der Waals surface area contributed by atoms with Crippen LogP contribution in [0, 0.1) is 0 Å². The SMILES string of the molecule is N[C@H](c1cccc2ccccc12)C1(O)CCCCCC1. The molecule has 2 heteroatoms. The number of fused-ring (bicyclic) bond motifs is 1. The molecule has 0 aromatic heterocycles. The van der Waals surface area contributed by atoms with Crippen LogP contribution in [0.15, 0.2) is 42.5 Å². The van der Waals surface area contributed by atoms with E-state index in [2.05, 4.69) is 24.3 Å². The number of rotatable bonds is 2. The lowest BCUT2D eigenvalue weighted by Gasteiger charge is -2.34. The molecule has 20 heavy (non-hydrogen) atoms. The normalized spacial score (nSPS) is 20.5. The second-order valence-corrected chi connectivity index (χ2v) is 6.06. The van der Waals surface area contributed by atoms with Crippen LogP contribution in [-0.2, 0) is 0 Å². The van der Waals surface area contributed by atoms with Crippen molar-refractivity contribution in [3.05, 3.63) is 48.0 Å². The fourth-order valence-corrected chi connectivity index (χ4v) is 3.46. The summed E-state index contributed by atoms with van der Waals surface area (Å²) in [6.07, 6.45) is 6.22. The van der Waals surface area contributed by atoms with Gasteiger partial charge in [0.15, 0.2) is 0 Å². The van der Waals surface area contributed by atoms with Crippen molar-refractivity contribution in [1.29, 1.82) is 0 Å². The molecule has 0 spiro atoms. The zero-order valence-corrected chi connectivity index (χ0v) is 11.9. The Hall–Kier alpha value is -1.38. The third-order valence-corrected chi connectivity index (χ3v) is 4.71. The monoisotopic (exact) mass is 269 g/mol. The minimum absolute atomic E-state index is 0.299. The van der Waals surface area contributed by atoms with Gasteiger partial charge in [-0.3, -0.25) is 0 Å². The molecule has 2 aromatic carbocycles. The summed E-state index contributed by atoms with van der Waals surface area (Å²) in [5.41, 5.74) is 6.82. The maximum atomic E-state index is 11.0. The maximum Gasteiger partial charge on any atom is 0.0839 e. The lowest BCUT2D eigenvalue weighted by Crippen LogP contribution is -2.40. The quantitative estimate of drug-likeness (QED) is 0.812. The maximum absolute atomic E-state index is 11.0. The Labute approximate surface area is 120 Å². The van der Waals surface area contributed by atoms with Crippen molar-refractivity contribution in [3.63, 3.8) is 0 Å². The van der Waals surface area contributed by atoms with E-state index >= 15 is 0 Å². The Bertz CT molecular complexity index is 579. The molecular weight excluding hydrogens is 246 g/mol. The summed E-state index contributed by atoms with van der Waals surface area (Å²) in [5, 5.41) is 13.4. The van der Waals surface area contributed by atoms with Crippen molar-refractivity contribution in [2.24, 2.45) is 5.73 Å². The summed E-state index contributed by atoms with van der Waals surface area (Å²) in [6, 6.07) is 14.2. The lowest BCUT2D eigenvalue weighted by atomic mass is 9.81. The molecular formula is C18H23NO. The molecule has 2 aromatic rings. The van der Waals surface area contributed by atoms with Gasteiger partial charge in [-0.05, 0) is 29.2 Å². The van der Waals surface area contributed by atoms with Crippen LogP contribution in [0.3, 0.4) is 0 Å². The first-order chi connectivity index (χ1) is 9.71. The fraction of sp³-hybridized carbons (Fsp3) is 0.444. The van der Waals surface area contributed by atoms with E-state index in [1.54, 1.807) is 0 Å². The van der Waals surface area contributed by atoms with Gasteiger partial charge in [0.2, 0.25) is 0 Å². The van der Waals surface area contributed by atoms with Gasteiger partial charge in [0.1, 0.15) is 0 Å². The largest absolute Gasteiger partial charge is 0.388 e. The summed E-state index contributed by atoms with van der Waals surface area (Å²) >= 11 is 0. The Morgan fingerprint density at radius 1 is 0.900 bits per heavy atom. The first-order valence-electron chi connectivity index (χ1n) is 7.66. The van der Waals surface area contributed by atoms with Crippen LogP contribution in [0.1, 0.15) is 50.1 Å². The van der Waals surface area contributed by atoms with E-state index < -0.39 is 5.60 Å². The predicted molar refractivity (Wildman–Crippen MR) is 83.5 cm³/mol. The second kappa shape index (κ2) is 5.55. The molecule has 1 fully saturated rings. The number of aliphatic hydroxyl groups is 1. The summed E-state index contributed by atoms with van der Waals surface area (Å²) in [4.78, 5) is 0. The summed E-state index contributed by atoms with van der Waals surface area (Å²) in [7, 11) is 0. The molecule has 3 rings (SSSR count). The average molecular weight is 269 g/mol. The van der Waals surface area contributed by atoms with Gasteiger partial charge in [0, 0.05) is 0 Å². The third-order valence-electron chi connectivity index (χ3n) is 4.71. The number of hydrogen-bond donors (Lipinski definition) is 2. The highest BCUT2D eigenvalue weighted by atomic mass is 16.3. The van der Waals surface area contributed by atoms with Crippen molar-refractivity contribution in [3.8, 4) is 0 Å². The number of benzene rings is 2. The van der Waals surface area contributed by atoms with Gasteiger partial charge in [-0.25, -0.2) is 0 Å². The average Bonchev–Trinajstić information content (AvgIpc) is 2.72. The molecule has 0 unspecified atom stereocenters. The van der Waals surface area contributed by atoms with Crippen molar-refractivity contribution < 1.29 is 5.11 Å². The first kappa shape index (κ1) is 13.6. The Morgan fingerprint density at radius 3 is 2.30 bits per heavy atom. The molecule has 0 bridgehead atoms. The smallest absolute Gasteiger partial charge is 0.0839 e. The van der Waals surface area contributed by atoms with Crippen LogP contribution in [0.2, 0.25) is 0 Å². The van der Waals surface area contributed by atoms with Gasteiger partial charge >= 0.3 is 0 Å². The van der Waals surface area contributed by atoms with Gasteiger partial charge in [0.05, 0.1) is 11.6 Å². The highest BCUT2D eigenvalue weighted by Crippen LogP contribution is 2.38. The van der Waals surface area contributed by atoms with Crippen molar-refractivity contribution in [1.82, 2.24) is 0 Å². The van der Waals surface area contributed by atoms with Crippen LogP contribution in [0.25, 0.3) is 10.8 Å². The minimum atomic E-state index is -0.749.